The Morgan fingerprint density at radius 1 is 1.38 bits per heavy atom. The van der Waals surface area contributed by atoms with Crippen molar-refractivity contribution in [2.24, 2.45) is 0 Å². The fraction of sp³-hybridized carbons (Fsp3) is 0.154. The van der Waals surface area contributed by atoms with Crippen LogP contribution in [0.5, 0.6) is 0 Å². The highest BCUT2D eigenvalue weighted by molar-refractivity contribution is 9.11. The van der Waals surface area contributed by atoms with Gasteiger partial charge in [0.15, 0.2) is 4.60 Å². The molecule has 5 nitrogen and oxygen atoms in total. The molecular weight excluding hydrogens is 411 g/mol. The van der Waals surface area contributed by atoms with Gasteiger partial charge in [0, 0.05) is 6.20 Å². The van der Waals surface area contributed by atoms with E-state index in [0.29, 0.717) is 15.9 Å². The molecule has 0 amide bonds. The Morgan fingerprint density at radius 2 is 2.05 bits per heavy atom. The number of halogens is 3. The third-order valence-electron chi connectivity index (χ3n) is 2.79. The molecule has 0 saturated heterocycles. The molecule has 0 fully saturated rings. The number of hydrogen-bond acceptors (Lipinski definition) is 4. The maximum atomic E-state index is 13.8. The number of methoxy groups -OCH3 is 1. The smallest absolute Gasteiger partial charge is 0.340 e. The summed E-state index contributed by atoms with van der Waals surface area (Å²) in [6, 6.07) is 2.45. The Kier molecular flexibility index (Phi) is 4.58. The quantitative estimate of drug-likeness (QED) is 0.702. The minimum atomic E-state index is -0.811. The molecule has 0 aliphatic rings. The molecular formula is C13H9Br2FN2O3. The first kappa shape index (κ1) is 15.8. The second-order valence-electron chi connectivity index (χ2n) is 4.14. The first-order valence-electron chi connectivity index (χ1n) is 5.68. The van der Waals surface area contributed by atoms with Crippen molar-refractivity contribution in [3.05, 3.63) is 54.8 Å². The summed E-state index contributed by atoms with van der Waals surface area (Å²) in [6.07, 6.45) is 1.44. The largest absolute Gasteiger partial charge is 0.465 e. The minimum Gasteiger partial charge on any atom is -0.465 e. The number of nitrogens with zero attached hydrogens (tertiary/aromatic N) is 2. The number of esters is 1. The van der Waals surface area contributed by atoms with Crippen molar-refractivity contribution < 1.29 is 13.9 Å². The molecule has 21 heavy (non-hydrogen) atoms. The van der Waals surface area contributed by atoms with Crippen molar-refractivity contribution in [3.63, 3.8) is 0 Å². The molecule has 0 unspecified atom stereocenters. The van der Waals surface area contributed by atoms with Crippen molar-refractivity contribution in [1.29, 1.82) is 0 Å². The lowest BCUT2D eigenvalue weighted by Crippen LogP contribution is -2.21. The summed E-state index contributed by atoms with van der Waals surface area (Å²) in [5, 5.41) is 0. The molecule has 0 atom stereocenters. The molecule has 110 valence electrons. The fourth-order valence-corrected chi connectivity index (χ4v) is 2.80. The lowest BCUT2D eigenvalue weighted by Gasteiger charge is -2.12. The molecule has 0 N–H and O–H groups in total. The van der Waals surface area contributed by atoms with Gasteiger partial charge in [-0.25, -0.2) is 14.2 Å². The zero-order chi connectivity index (χ0) is 15.7. The topological polar surface area (TPSA) is 61.2 Å². The molecule has 1 aromatic carbocycles. The van der Waals surface area contributed by atoms with Gasteiger partial charge in [0.1, 0.15) is 10.4 Å². The van der Waals surface area contributed by atoms with E-state index in [0.717, 1.165) is 7.11 Å². The fourth-order valence-electron chi connectivity index (χ4n) is 1.80. The summed E-state index contributed by atoms with van der Waals surface area (Å²) < 4.78 is 20.1. The van der Waals surface area contributed by atoms with Crippen LogP contribution in [0.25, 0.3) is 5.69 Å². The average molecular weight is 420 g/mol. The van der Waals surface area contributed by atoms with Crippen LogP contribution in [0.3, 0.4) is 0 Å². The van der Waals surface area contributed by atoms with E-state index in [2.05, 4.69) is 41.6 Å². The van der Waals surface area contributed by atoms with Crippen LogP contribution in [-0.4, -0.2) is 22.6 Å². The van der Waals surface area contributed by atoms with Gasteiger partial charge in [-0.15, -0.1) is 0 Å². The number of rotatable bonds is 2. The summed E-state index contributed by atoms with van der Waals surface area (Å²) in [5.41, 5.74) is 0.190. The van der Waals surface area contributed by atoms with Crippen LogP contribution in [0.15, 0.2) is 32.3 Å². The van der Waals surface area contributed by atoms with Crippen molar-refractivity contribution in [3.8, 4) is 5.69 Å². The monoisotopic (exact) mass is 418 g/mol. The molecule has 8 heteroatoms. The summed E-state index contributed by atoms with van der Waals surface area (Å²) in [4.78, 5) is 27.6. The van der Waals surface area contributed by atoms with Gasteiger partial charge in [0.05, 0.1) is 18.4 Å². The Hall–Kier alpha value is -1.54. The molecule has 2 rings (SSSR count). The standard InChI is InChI=1S/C13H9Br2FN2O3/c1-6-3-8(16)7(13(20)21-2)4-9(6)18-5-10(14)17-11(15)12(18)19/h3-5H,1-2H3. The number of ether oxygens (including phenoxy) is 1. The molecule has 0 spiro atoms. The number of aromatic nitrogens is 2. The van der Waals surface area contributed by atoms with E-state index >= 15 is 0 Å². The SMILES string of the molecule is COC(=O)c1cc(-n2cc(Br)nc(Br)c2=O)c(C)cc1F. The predicted molar refractivity (Wildman–Crippen MR) is 81.3 cm³/mol. The van der Waals surface area contributed by atoms with E-state index in [1.54, 1.807) is 6.92 Å². The van der Waals surface area contributed by atoms with Gasteiger partial charge in [-0.05, 0) is 56.5 Å². The molecule has 2 aromatic rings. The highest BCUT2D eigenvalue weighted by atomic mass is 79.9. The van der Waals surface area contributed by atoms with Crippen molar-refractivity contribution >= 4 is 37.8 Å². The van der Waals surface area contributed by atoms with Gasteiger partial charge >= 0.3 is 5.97 Å². The summed E-state index contributed by atoms with van der Waals surface area (Å²) in [6.45, 7) is 1.63. The highest BCUT2D eigenvalue weighted by Gasteiger charge is 2.17. The predicted octanol–water partition coefficient (Wildman–Crippen LogP) is 2.99. The first-order chi connectivity index (χ1) is 9.85. The van der Waals surface area contributed by atoms with Gasteiger partial charge in [-0.1, -0.05) is 0 Å². The molecule has 1 aromatic heterocycles. The zero-order valence-corrected chi connectivity index (χ0v) is 14.2. The Bertz CT molecular complexity index is 790. The van der Waals surface area contributed by atoms with Gasteiger partial charge in [0.25, 0.3) is 5.56 Å². The van der Waals surface area contributed by atoms with Crippen LogP contribution in [0.1, 0.15) is 15.9 Å². The molecule has 0 saturated carbocycles. The number of hydrogen-bond donors (Lipinski definition) is 0. The van der Waals surface area contributed by atoms with Crippen LogP contribution >= 0.6 is 31.9 Å². The van der Waals surface area contributed by atoms with E-state index in [1.807, 2.05) is 0 Å². The Labute approximate surface area is 136 Å². The maximum Gasteiger partial charge on any atom is 0.340 e. The van der Waals surface area contributed by atoms with E-state index in [1.165, 1.54) is 22.9 Å². The first-order valence-corrected chi connectivity index (χ1v) is 7.27. The third kappa shape index (κ3) is 3.06. The number of aryl methyl sites for hydroxylation is 1. The molecule has 0 radical (unpaired) electrons. The van der Waals surface area contributed by atoms with Crippen LogP contribution in [0.2, 0.25) is 0 Å². The zero-order valence-electron chi connectivity index (χ0n) is 11.0. The van der Waals surface area contributed by atoms with Crippen LogP contribution in [-0.2, 0) is 4.74 Å². The van der Waals surface area contributed by atoms with Crippen molar-refractivity contribution in [2.75, 3.05) is 7.11 Å². The normalized spacial score (nSPS) is 10.5. The summed E-state index contributed by atoms with van der Waals surface area (Å²) >= 11 is 6.23. The van der Waals surface area contributed by atoms with Crippen LogP contribution < -0.4 is 5.56 Å². The second-order valence-corrected chi connectivity index (χ2v) is 5.70. The van der Waals surface area contributed by atoms with Crippen molar-refractivity contribution in [2.45, 2.75) is 6.92 Å². The minimum absolute atomic E-state index is 0.0974. The van der Waals surface area contributed by atoms with Crippen LogP contribution in [0, 0.1) is 12.7 Å². The molecule has 0 aliphatic carbocycles. The summed E-state index contributed by atoms with van der Waals surface area (Å²) in [5.74, 6) is -1.52. The lowest BCUT2D eigenvalue weighted by molar-refractivity contribution is 0.0595. The number of carbonyl (C=O) groups is 1. The Balaban J connectivity index is 2.76. The van der Waals surface area contributed by atoms with E-state index in [4.69, 9.17) is 0 Å². The molecule has 0 aliphatic heterocycles. The molecule has 0 bridgehead atoms. The van der Waals surface area contributed by atoms with Gasteiger partial charge in [0.2, 0.25) is 0 Å². The summed E-state index contributed by atoms with van der Waals surface area (Å²) in [7, 11) is 1.16. The van der Waals surface area contributed by atoms with Gasteiger partial charge < -0.3 is 4.74 Å². The molecule has 1 heterocycles. The number of carbonyl (C=O) groups excluding carboxylic acids is 1. The third-order valence-corrected chi connectivity index (χ3v) is 3.68. The lowest BCUT2D eigenvalue weighted by atomic mass is 10.1. The van der Waals surface area contributed by atoms with E-state index in [-0.39, 0.29) is 10.2 Å². The van der Waals surface area contributed by atoms with Crippen molar-refractivity contribution in [1.82, 2.24) is 9.55 Å². The van der Waals surface area contributed by atoms with Gasteiger partial charge in [-0.3, -0.25) is 9.36 Å². The number of benzene rings is 1. The van der Waals surface area contributed by atoms with E-state index < -0.39 is 17.3 Å². The highest BCUT2D eigenvalue weighted by Crippen LogP contribution is 2.20. The van der Waals surface area contributed by atoms with Gasteiger partial charge in [-0.2, -0.15) is 0 Å². The Morgan fingerprint density at radius 3 is 2.67 bits per heavy atom. The maximum absolute atomic E-state index is 13.8. The average Bonchev–Trinajstić information content (AvgIpc) is 2.42. The van der Waals surface area contributed by atoms with E-state index in [9.17, 15) is 14.0 Å². The second kappa shape index (κ2) is 6.07. The van der Waals surface area contributed by atoms with Crippen LogP contribution in [0.4, 0.5) is 4.39 Å².